The summed E-state index contributed by atoms with van der Waals surface area (Å²) in [4.78, 5) is 16.2. The summed E-state index contributed by atoms with van der Waals surface area (Å²) in [6.45, 7) is 2.25. The average molecular weight is 537 g/mol. The van der Waals surface area contributed by atoms with Crippen LogP contribution in [0.2, 0.25) is 10.0 Å². The molecule has 1 aliphatic carbocycles. The van der Waals surface area contributed by atoms with Gasteiger partial charge in [-0.25, -0.2) is 9.78 Å². The van der Waals surface area contributed by atoms with Gasteiger partial charge < -0.3 is 19.1 Å². The van der Waals surface area contributed by atoms with Crippen LogP contribution in [0.1, 0.15) is 64.5 Å². The minimum Gasteiger partial charge on any atom is -0.478 e. The van der Waals surface area contributed by atoms with Crippen molar-refractivity contribution in [1.29, 1.82) is 0 Å². The lowest BCUT2D eigenvalue weighted by molar-refractivity contribution is 0.0696. The number of ether oxygens (including phenoxy) is 2. The highest BCUT2D eigenvalue weighted by atomic mass is 35.5. The summed E-state index contributed by atoms with van der Waals surface area (Å²) in [7, 11) is 0. The summed E-state index contributed by atoms with van der Waals surface area (Å²) in [6, 6.07) is 13.8. The Morgan fingerprint density at radius 1 is 1.11 bits per heavy atom. The number of rotatable bonds is 6. The molecule has 9 heteroatoms. The molecule has 1 fully saturated rings. The first-order valence-electron chi connectivity index (χ1n) is 12.0. The molecule has 0 saturated heterocycles. The molecule has 0 spiro atoms. The topological polar surface area (TPSA) is 94.7 Å². The largest absolute Gasteiger partial charge is 0.478 e. The standard InChI is InChI=1S/C28H22Cl2N2O5/c1-14-11-16-7-8-17(28(33)34)12-22(16)36-21-9-10-23(31-25(14)21)35-13-18-26(32-37-27(18)15-5-6-15)24-19(29)3-2-4-20(24)30/h2-4,7-10,12,14-15H,5-6,11,13H2,1H3,(H,33,34). The summed E-state index contributed by atoms with van der Waals surface area (Å²) in [5.41, 5.74) is 3.86. The van der Waals surface area contributed by atoms with Gasteiger partial charge in [0.05, 0.1) is 26.9 Å². The molecule has 188 valence electrons. The van der Waals surface area contributed by atoms with E-state index in [1.807, 2.05) is 0 Å². The van der Waals surface area contributed by atoms with Crippen LogP contribution >= 0.6 is 23.2 Å². The molecule has 3 heterocycles. The van der Waals surface area contributed by atoms with Gasteiger partial charge in [0.25, 0.3) is 0 Å². The summed E-state index contributed by atoms with van der Waals surface area (Å²) in [5, 5.41) is 14.6. The fraction of sp³-hybridized carbons (Fsp3) is 0.250. The van der Waals surface area contributed by atoms with Crippen LogP contribution in [-0.2, 0) is 13.0 Å². The zero-order chi connectivity index (χ0) is 25.7. The van der Waals surface area contributed by atoms with Crippen LogP contribution in [0.3, 0.4) is 0 Å². The molecule has 2 aromatic heterocycles. The first-order chi connectivity index (χ1) is 17.9. The number of nitrogens with zero attached hydrogens (tertiary/aromatic N) is 2. The SMILES string of the molecule is CC1Cc2ccc(C(=O)O)cc2Oc2ccc(OCc3c(-c4c(Cl)cccc4Cl)noc3C3CC3)nc21. The number of fused-ring (bicyclic) bond motifs is 2. The van der Waals surface area contributed by atoms with Gasteiger partial charge in [0, 0.05) is 23.5 Å². The average Bonchev–Trinajstić information content (AvgIpc) is 3.65. The molecule has 0 bridgehead atoms. The molecule has 1 N–H and O–H groups in total. The van der Waals surface area contributed by atoms with Gasteiger partial charge in [0.1, 0.15) is 29.6 Å². The number of halogens is 2. The second kappa shape index (κ2) is 9.39. The van der Waals surface area contributed by atoms with Crippen LogP contribution < -0.4 is 9.47 Å². The molecule has 1 unspecified atom stereocenters. The zero-order valence-electron chi connectivity index (χ0n) is 19.8. The van der Waals surface area contributed by atoms with Gasteiger partial charge in [-0.15, -0.1) is 0 Å². The number of hydrogen-bond donors (Lipinski definition) is 1. The fourth-order valence-electron chi connectivity index (χ4n) is 4.65. The lowest BCUT2D eigenvalue weighted by Gasteiger charge is -2.13. The van der Waals surface area contributed by atoms with Gasteiger partial charge in [0.15, 0.2) is 0 Å². The number of hydrogen-bond acceptors (Lipinski definition) is 6. The van der Waals surface area contributed by atoms with E-state index in [9.17, 15) is 9.90 Å². The van der Waals surface area contributed by atoms with Crippen LogP contribution in [-0.4, -0.2) is 21.2 Å². The first-order valence-corrected chi connectivity index (χ1v) is 12.7. The maximum absolute atomic E-state index is 11.4. The molecule has 0 amide bonds. The third kappa shape index (κ3) is 4.54. The van der Waals surface area contributed by atoms with E-state index in [0.29, 0.717) is 51.0 Å². The van der Waals surface area contributed by atoms with Gasteiger partial charge in [-0.1, -0.05) is 47.4 Å². The Balaban J connectivity index is 1.29. The molecule has 1 saturated carbocycles. The number of carboxylic acid groups (broad SMARTS) is 1. The molecule has 6 rings (SSSR count). The van der Waals surface area contributed by atoms with Crippen LogP contribution in [0, 0.1) is 0 Å². The number of pyridine rings is 1. The lowest BCUT2D eigenvalue weighted by Crippen LogP contribution is -2.04. The second-order valence-electron chi connectivity index (χ2n) is 9.40. The van der Waals surface area contributed by atoms with E-state index in [2.05, 4.69) is 12.1 Å². The fourth-order valence-corrected chi connectivity index (χ4v) is 5.23. The normalized spacial score (nSPS) is 16.4. The van der Waals surface area contributed by atoms with E-state index in [1.165, 1.54) is 0 Å². The van der Waals surface area contributed by atoms with Gasteiger partial charge in [0.2, 0.25) is 5.88 Å². The summed E-state index contributed by atoms with van der Waals surface area (Å²) >= 11 is 12.9. The van der Waals surface area contributed by atoms with Gasteiger partial charge in [-0.2, -0.15) is 0 Å². The Labute approximate surface area is 222 Å². The first kappa shape index (κ1) is 23.8. The summed E-state index contributed by atoms with van der Waals surface area (Å²) < 4.78 is 18.0. The second-order valence-corrected chi connectivity index (χ2v) is 10.2. The van der Waals surface area contributed by atoms with E-state index in [1.54, 1.807) is 48.5 Å². The number of aromatic nitrogens is 2. The van der Waals surface area contributed by atoms with Crippen LogP contribution in [0.15, 0.2) is 53.1 Å². The lowest BCUT2D eigenvalue weighted by atomic mass is 9.97. The number of aromatic carboxylic acids is 1. The molecular formula is C28H22Cl2N2O5. The van der Waals surface area contributed by atoms with E-state index >= 15 is 0 Å². The minimum atomic E-state index is -0.998. The van der Waals surface area contributed by atoms with E-state index in [0.717, 1.165) is 35.4 Å². The van der Waals surface area contributed by atoms with Gasteiger partial charge >= 0.3 is 5.97 Å². The van der Waals surface area contributed by atoms with Crippen molar-refractivity contribution in [2.45, 2.75) is 44.6 Å². The number of benzene rings is 2. The molecule has 37 heavy (non-hydrogen) atoms. The molecule has 7 nitrogen and oxygen atoms in total. The predicted molar refractivity (Wildman–Crippen MR) is 138 cm³/mol. The molecule has 0 radical (unpaired) electrons. The predicted octanol–water partition coefficient (Wildman–Crippen LogP) is 7.65. The van der Waals surface area contributed by atoms with Crippen molar-refractivity contribution in [3.63, 3.8) is 0 Å². The van der Waals surface area contributed by atoms with Crippen molar-refractivity contribution < 1.29 is 23.9 Å². The number of carbonyl (C=O) groups is 1. The highest BCUT2D eigenvalue weighted by Gasteiger charge is 2.34. The number of carboxylic acids is 1. The summed E-state index contributed by atoms with van der Waals surface area (Å²) in [5.74, 6) is 1.68. The maximum Gasteiger partial charge on any atom is 0.335 e. The van der Waals surface area contributed by atoms with Crippen molar-refractivity contribution >= 4 is 29.2 Å². The zero-order valence-corrected chi connectivity index (χ0v) is 21.3. The van der Waals surface area contributed by atoms with Crippen molar-refractivity contribution in [3.05, 3.63) is 86.7 Å². The van der Waals surface area contributed by atoms with Crippen LogP contribution in [0.25, 0.3) is 11.3 Å². The molecular weight excluding hydrogens is 515 g/mol. The van der Waals surface area contributed by atoms with Crippen LogP contribution in [0.5, 0.6) is 17.4 Å². The molecule has 2 aromatic carbocycles. The minimum absolute atomic E-state index is 0.0330. The smallest absolute Gasteiger partial charge is 0.335 e. The van der Waals surface area contributed by atoms with Gasteiger partial charge in [-0.3, -0.25) is 0 Å². The van der Waals surface area contributed by atoms with Crippen LogP contribution in [0.4, 0.5) is 0 Å². The van der Waals surface area contributed by atoms with Gasteiger partial charge in [-0.05, 0) is 55.2 Å². The Morgan fingerprint density at radius 2 is 1.89 bits per heavy atom. The van der Waals surface area contributed by atoms with Crippen molar-refractivity contribution in [2.24, 2.45) is 0 Å². The Hall–Kier alpha value is -3.55. The third-order valence-electron chi connectivity index (χ3n) is 6.72. The molecule has 1 aliphatic heterocycles. The highest BCUT2D eigenvalue weighted by Crippen LogP contribution is 2.46. The van der Waals surface area contributed by atoms with Crippen molar-refractivity contribution in [3.8, 4) is 28.6 Å². The Bertz CT molecular complexity index is 1510. The molecule has 1 atom stereocenters. The highest BCUT2D eigenvalue weighted by molar-refractivity contribution is 6.39. The molecule has 2 aliphatic rings. The third-order valence-corrected chi connectivity index (χ3v) is 7.35. The molecule has 4 aromatic rings. The monoisotopic (exact) mass is 536 g/mol. The van der Waals surface area contributed by atoms with E-state index in [4.69, 9.17) is 42.2 Å². The maximum atomic E-state index is 11.4. The van der Waals surface area contributed by atoms with E-state index in [-0.39, 0.29) is 18.1 Å². The Kier molecular flexibility index (Phi) is 6.05. The van der Waals surface area contributed by atoms with Crippen molar-refractivity contribution in [2.75, 3.05) is 0 Å². The summed E-state index contributed by atoms with van der Waals surface area (Å²) in [6.07, 6.45) is 2.73. The Morgan fingerprint density at radius 3 is 2.62 bits per heavy atom. The quantitative estimate of drug-likeness (QED) is 0.270. The van der Waals surface area contributed by atoms with Crippen molar-refractivity contribution in [1.82, 2.24) is 10.1 Å². The van der Waals surface area contributed by atoms with E-state index < -0.39 is 5.97 Å².